The summed E-state index contributed by atoms with van der Waals surface area (Å²) in [6.07, 6.45) is -0.497. The van der Waals surface area contributed by atoms with Crippen molar-refractivity contribution in [1.82, 2.24) is 4.90 Å². The Hall–Kier alpha value is -1.99. The number of aliphatic hydroxyl groups is 1. The summed E-state index contributed by atoms with van der Waals surface area (Å²) in [6, 6.07) is 3.21. The van der Waals surface area contributed by atoms with Gasteiger partial charge in [-0.1, -0.05) is 0 Å². The normalized spacial score (nSPS) is 24.2. The highest BCUT2D eigenvalue weighted by Crippen LogP contribution is 2.36. The Morgan fingerprint density at radius 1 is 1.38 bits per heavy atom. The lowest BCUT2D eigenvalue weighted by Gasteiger charge is -2.36. The highest BCUT2D eigenvalue weighted by atomic mass is 16.7. The van der Waals surface area contributed by atoms with Gasteiger partial charge in [-0.05, 0) is 13.0 Å². The Kier molecular flexibility index (Phi) is 3.60. The largest absolute Gasteiger partial charge is 0.454 e. The molecule has 1 aromatic rings. The van der Waals surface area contributed by atoms with Gasteiger partial charge in [0.2, 0.25) is 6.79 Å². The second-order valence-electron chi connectivity index (χ2n) is 5.25. The van der Waals surface area contributed by atoms with E-state index in [1.165, 1.54) is 0 Å². The number of ether oxygens (including phenoxy) is 3. The van der Waals surface area contributed by atoms with Crippen molar-refractivity contribution in [3.63, 3.8) is 0 Å². The molecule has 0 spiro atoms. The van der Waals surface area contributed by atoms with Crippen LogP contribution in [0.5, 0.6) is 11.5 Å². The quantitative estimate of drug-likeness (QED) is 0.758. The van der Waals surface area contributed by atoms with Crippen molar-refractivity contribution >= 4 is 11.6 Å². The zero-order valence-electron chi connectivity index (χ0n) is 11.7. The predicted octanol–water partition coefficient (Wildman–Crippen LogP) is 0.219. The van der Waals surface area contributed by atoms with Gasteiger partial charge in [0.15, 0.2) is 11.5 Å². The number of carbonyl (C=O) groups excluding carboxylic acids is 1. The molecule has 0 aromatic heterocycles. The summed E-state index contributed by atoms with van der Waals surface area (Å²) < 4.78 is 16.0. The molecule has 1 saturated heterocycles. The number of nitrogen functional groups attached to an aromatic ring is 1. The lowest BCUT2D eigenvalue weighted by molar-refractivity contribution is -0.0858. The summed E-state index contributed by atoms with van der Waals surface area (Å²) in [4.78, 5) is 14.3. The van der Waals surface area contributed by atoms with E-state index in [-0.39, 0.29) is 31.5 Å². The maximum atomic E-state index is 12.6. The third kappa shape index (κ3) is 2.62. The Bertz CT molecular complexity index is 563. The number of benzene rings is 1. The molecule has 2 aliphatic heterocycles. The summed E-state index contributed by atoms with van der Waals surface area (Å²) in [7, 11) is 0. The van der Waals surface area contributed by atoms with Crippen molar-refractivity contribution in [3.05, 3.63) is 17.7 Å². The van der Waals surface area contributed by atoms with Crippen molar-refractivity contribution in [2.75, 3.05) is 32.2 Å². The Morgan fingerprint density at radius 2 is 2.10 bits per heavy atom. The van der Waals surface area contributed by atoms with E-state index in [4.69, 9.17) is 19.9 Å². The highest BCUT2D eigenvalue weighted by Gasteiger charge is 2.30. The fourth-order valence-corrected chi connectivity index (χ4v) is 2.63. The average molecular weight is 294 g/mol. The molecule has 0 radical (unpaired) electrons. The lowest BCUT2D eigenvalue weighted by atomic mass is 10.1. The fraction of sp³-hybridized carbons (Fsp3) is 0.500. The molecule has 2 atom stereocenters. The molecule has 21 heavy (non-hydrogen) atoms. The van der Waals surface area contributed by atoms with Crippen molar-refractivity contribution < 1.29 is 24.1 Å². The molecule has 0 saturated carbocycles. The van der Waals surface area contributed by atoms with Crippen LogP contribution in [-0.4, -0.2) is 54.6 Å². The van der Waals surface area contributed by atoms with Gasteiger partial charge in [0, 0.05) is 24.8 Å². The van der Waals surface area contributed by atoms with Gasteiger partial charge in [-0.3, -0.25) is 4.79 Å². The van der Waals surface area contributed by atoms with Crippen LogP contribution in [0, 0.1) is 0 Å². The standard InChI is InChI=1S/C14H18N2O5/c1-8-4-16(5-9(6-17)21-8)14(18)10-2-12-13(3-11(10)15)20-7-19-12/h2-3,8-9,17H,4-7,15H2,1H3. The molecule has 3 N–H and O–H groups in total. The molecule has 3 rings (SSSR count). The third-order valence-electron chi connectivity index (χ3n) is 3.59. The number of hydrogen-bond donors (Lipinski definition) is 2. The summed E-state index contributed by atoms with van der Waals surface area (Å²) >= 11 is 0. The fourth-order valence-electron chi connectivity index (χ4n) is 2.63. The van der Waals surface area contributed by atoms with Gasteiger partial charge < -0.3 is 30.0 Å². The number of carbonyl (C=O) groups is 1. The number of fused-ring (bicyclic) bond motifs is 1. The van der Waals surface area contributed by atoms with Gasteiger partial charge in [-0.15, -0.1) is 0 Å². The maximum Gasteiger partial charge on any atom is 0.256 e. The second kappa shape index (κ2) is 5.42. The average Bonchev–Trinajstić information content (AvgIpc) is 2.92. The Balaban J connectivity index is 1.85. The van der Waals surface area contributed by atoms with Crippen molar-refractivity contribution in [2.45, 2.75) is 19.1 Å². The number of rotatable bonds is 2. The second-order valence-corrected chi connectivity index (χ2v) is 5.25. The van der Waals surface area contributed by atoms with Gasteiger partial charge in [-0.2, -0.15) is 0 Å². The van der Waals surface area contributed by atoms with Crippen LogP contribution in [0.15, 0.2) is 12.1 Å². The van der Waals surface area contributed by atoms with Crippen LogP contribution in [0.4, 0.5) is 5.69 Å². The zero-order chi connectivity index (χ0) is 15.0. The molecule has 0 aliphatic carbocycles. The van der Waals surface area contributed by atoms with E-state index in [9.17, 15) is 9.90 Å². The number of amides is 1. The molecule has 1 aromatic carbocycles. The maximum absolute atomic E-state index is 12.6. The molecule has 114 valence electrons. The summed E-state index contributed by atoms with van der Waals surface area (Å²) in [5.74, 6) is 0.875. The Labute approximate surface area is 122 Å². The van der Waals surface area contributed by atoms with Crippen LogP contribution in [0.25, 0.3) is 0 Å². The van der Waals surface area contributed by atoms with Crippen LogP contribution in [0.3, 0.4) is 0 Å². The summed E-state index contributed by atoms with van der Waals surface area (Å²) in [6.45, 7) is 2.68. The molecular weight excluding hydrogens is 276 g/mol. The zero-order valence-corrected chi connectivity index (χ0v) is 11.7. The molecule has 7 heteroatoms. The summed E-state index contributed by atoms with van der Waals surface area (Å²) in [5.41, 5.74) is 6.67. The van der Waals surface area contributed by atoms with Crippen molar-refractivity contribution in [3.8, 4) is 11.5 Å². The first-order chi connectivity index (χ1) is 10.1. The van der Waals surface area contributed by atoms with E-state index in [0.29, 0.717) is 35.8 Å². The highest BCUT2D eigenvalue weighted by molar-refractivity contribution is 6.00. The third-order valence-corrected chi connectivity index (χ3v) is 3.59. The van der Waals surface area contributed by atoms with Crippen LogP contribution < -0.4 is 15.2 Å². The number of anilines is 1. The number of nitrogens with two attached hydrogens (primary N) is 1. The SMILES string of the molecule is CC1CN(C(=O)c2cc3c(cc2N)OCO3)CC(CO)O1. The van der Waals surface area contributed by atoms with Crippen LogP contribution in [0.1, 0.15) is 17.3 Å². The smallest absolute Gasteiger partial charge is 0.256 e. The molecule has 2 aliphatic rings. The molecular formula is C14H18N2O5. The summed E-state index contributed by atoms with van der Waals surface area (Å²) in [5, 5.41) is 9.24. The van der Waals surface area contributed by atoms with Crippen LogP contribution in [-0.2, 0) is 4.74 Å². The predicted molar refractivity (Wildman–Crippen MR) is 74.3 cm³/mol. The first kappa shape index (κ1) is 14.0. The number of hydrogen-bond acceptors (Lipinski definition) is 6. The van der Waals surface area contributed by atoms with Crippen molar-refractivity contribution in [1.29, 1.82) is 0 Å². The van der Waals surface area contributed by atoms with Crippen molar-refractivity contribution in [2.24, 2.45) is 0 Å². The Morgan fingerprint density at radius 3 is 2.81 bits per heavy atom. The topological polar surface area (TPSA) is 94.3 Å². The van der Waals surface area contributed by atoms with Crippen LogP contribution >= 0.6 is 0 Å². The van der Waals surface area contributed by atoms with Gasteiger partial charge in [0.25, 0.3) is 5.91 Å². The molecule has 2 unspecified atom stereocenters. The monoisotopic (exact) mass is 294 g/mol. The number of aliphatic hydroxyl groups excluding tert-OH is 1. The molecule has 1 amide bonds. The van der Waals surface area contributed by atoms with Gasteiger partial charge >= 0.3 is 0 Å². The van der Waals surface area contributed by atoms with E-state index >= 15 is 0 Å². The van der Waals surface area contributed by atoms with E-state index in [0.717, 1.165) is 0 Å². The molecule has 7 nitrogen and oxygen atoms in total. The van der Waals surface area contributed by atoms with Crippen LogP contribution in [0.2, 0.25) is 0 Å². The van der Waals surface area contributed by atoms with E-state index in [1.807, 2.05) is 6.92 Å². The first-order valence-corrected chi connectivity index (χ1v) is 6.83. The van der Waals surface area contributed by atoms with E-state index < -0.39 is 0 Å². The molecule has 1 fully saturated rings. The van der Waals surface area contributed by atoms with Gasteiger partial charge in [0.1, 0.15) is 0 Å². The molecule has 2 heterocycles. The first-order valence-electron chi connectivity index (χ1n) is 6.83. The minimum atomic E-state index is -0.368. The van der Waals surface area contributed by atoms with Gasteiger partial charge in [-0.25, -0.2) is 0 Å². The van der Waals surface area contributed by atoms with Gasteiger partial charge in [0.05, 0.1) is 24.4 Å². The van der Waals surface area contributed by atoms with E-state index in [1.54, 1.807) is 17.0 Å². The minimum Gasteiger partial charge on any atom is -0.454 e. The molecule has 0 bridgehead atoms. The number of nitrogens with zero attached hydrogens (tertiary/aromatic N) is 1. The van der Waals surface area contributed by atoms with E-state index in [2.05, 4.69) is 0 Å². The minimum absolute atomic E-state index is 0.120. The number of morpholine rings is 1. The lowest BCUT2D eigenvalue weighted by Crippen LogP contribution is -2.50.